The average molecular weight is 465 g/mol. The highest BCUT2D eigenvalue weighted by atomic mass is 127. The Morgan fingerprint density at radius 2 is 1.83 bits per heavy atom. The summed E-state index contributed by atoms with van der Waals surface area (Å²) in [6.45, 7) is 0. The monoisotopic (exact) mass is 464 g/mol. The SMILES string of the molecule is CN(C)S(=O)(=O)c1ccccc1NC(=O)c1ccc(Cl)cc1I. The lowest BCUT2D eigenvalue weighted by atomic mass is 10.2. The van der Waals surface area contributed by atoms with Gasteiger partial charge >= 0.3 is 0 Å². The summed E-state index contributed by atoms with van der Waals surface area (Å²) in [5.74, 6) is -0.396. The summed E-state index contributed by atoms with van der Waals surface area (Å²) in [7, 11) is -0.775. The Balaban J connectivity index is 2.40. The highest BCUT2D eigenvalue weighted by Gasteiger charge is 2.22. The molecule has 0 saturated carbocycles. The van der Waals surface area contributed by atoms with Crippen LogP contribution >= 0.6 is 34.2 Å². The van der Waals surface area contributed by atoms with Gasteiger partial charge in [0.15, 0.2) is 0 Å². The molecule has 122 valence electrons. The Hall–Kier alpha value is -1.16. The van der Waals surface area contributed by atoms with Gasteiger partial charge in [0.05, 0.1) is 11.3 Å². The van der Waals surface area contributed by atoms with Crippen molar-refractivity contribution in [3.05, 3.63) is 56.6 Å². The molecular weight excluding hydrogens is 451 g/mol. The Labute approximate surface area is 153 Å². The van der Waals surface area contributed by atoms with E-state index in [1.54, 1.807) is 36.4 Å². The Bertz CT molecular complexity index is 854. The fourth-order valence-corrected chi connectivity index (χ4v) is 4.01. The number of carbonyl (C=O) groups excluding carboxylic acids is 1. The second-order valence-corrected chi connectivity index (χ2v) is 8.58. The first-order chi connectivity index (χ1) is 10.7. The number of hydrogen-bond acceptors (Lipinski definition) is 3. The van der Waals surface area contributed by atoms with Crippen LogP contribution in [-0.4, -0.2) is 32.7 Å². The van der Waals surface area contributed by atoms with E-state index in [1.807, 2.05) is 22.6 Å². The fourth-order valence-electron chi connectivity index (χ4n) is 1.85. The number of para-hydroxylation sites is 1. The van der Waals surface area contributed by atoms with Crippen LogP contribution in [-0.2, 0) is 10.0 Å². The minimum atomic E-state index is -3.66. The number of hydrogen-bond donors (Lipinski definition) is 1. The summed E-state index contributed by atoms with van der Waals surface area (Å²) in [4.78, 5) is 12.5. The molecule has 0 saturated heterocycles. The normalized spacial score (nSPS) is 11.5. The molecule has 1 amide bonds. The van der Waals surface area contributed by atoms with Gasteiger partial charge in [-0.15, -0.1) is 0 Å². The van der Waals surface area contributed by atoms with Gasteiger partial charge in [-0.2, -0.15) is 0 Å². The summed E-state index contributed by atoms with van der Waals surface area (Å²) >= 11 is 7.89. The van der Waals surface area contributed by atoms with Crippen molar-refractivity contribution in [2.45, 2.75) is 4.90 Å². The molecule has 5 nitrogen and oxygen atoms in total. The van der Waals surface area contributed by atoms with Gasteiger partial charge in [-0.25, -0.2) is 12.7 Å². The predicted octanol–water partition coefficient (Wildman–Crippen LogP) is 3.45. The highest BCUT2D eigenvalue weighted by molar-refractivity contribution is 14.1. The number of carbonyl (C=O) groups is 1. The molecule has 1 N–H and O–H groups in total. The molecule has 0 bridgehead atoms. The third-order valence-electron chi connectivity index (χ3n) is 3.07. The molecule has 2 rings (SSSR count). The predicted molar refractivity (Wildman–Crippen MR) is 99.4 cm³/mol. The van der Waals surface area contributed by atoms with Crippen molar-refractivity contribution in [1.82, 2.24) is 4.31 Å². The van der Waals surface area contributed by atoms with Crippen molar-refractivity contribution in [3.63, 3.8) is 0 Å². The van der Waals surface area contributed by atoms with E-state index in [1.165, 1.54) is 20.2 Å². The summed E-state index contributed by atoms with van der Waals surface area (Å²) in [6, 6.07) is 11.2. The number of halogens is 2. The fraction of sp³-hybridized carbons (Fsp3) is 0.133. The van der Waals surface area contributed by atoms with E-state index in [0.29, 0.717) is 14.2 Å². The number of rotatable bonds is 4. The number of amides is 1. The zero-order valence-electron chi connectivity index (χ0n) is 12.4. The van der Waals surface area contributed by atoms with Crippen LogP contribution in [0.2, 0.25) is 5.02 Å². The second kappa shape index (κ2) is 7.16. The van der Waals surface area contributed by atoms with Crippen molar-refractivity contribution in [2.75, 3.05) is 19.4 Å². The van der Waals surface area contributed by atoms with Crippen LogP contribution in [0.3, 0.4) is 0 Å². The van der Waals surface area contributed by atoms with Gasteiger partial charge in [0, 0.05) is 22.7 Å². The first-order valence-corrected chi connectivity index (χ1v) is 9.41. The topological polar surface area (TPSA) is 66.5 Å². The van der Waals surface area contributed by atoms with Crippen LogP contribution in [0.5, 0.6) is 0 Å². The van der Waals surface area contributed by atoms with Crippen LogP contribution < -0.4 is 5.32 Å². The molecule has 0 heterocycles. The maximum atomic E-state index is 12.4. The number of sulfonamides is 1. The molecule has 0 atom stereocenters. The molecule has 0 aliphatic rings. The zero-order chi connectivity index (χ0) is 17.2. The molecule has 0 fully saturated rings. The van der Waals surface area contributed by atoms with Gasteiger partial charge in [0.2, 0.25) is 10.0 Å². The lowest BCUT2D eigenvalue weighted by molar-refractivity contribution is 0.102. The minimum Gasteiger partial charge on any atom is -0.321 e. The molecular formula is C15H14ClIN2O3S. The maximum absolute atomic E-state index is 12.4. The molecule has 0 spiro atoms. The Morgan fingerprint density at radius 3 is 2.43 bits per heavy atom. The number of nitrogens with one attached hydrogen (secondary N) is 1. The third-order valence-corrected chi connectivity index (χ3v) is 6.07. The van der Waals surface area contributed by atoms with Crippen LogP contribution in [0.15, 0.2) is 47.4 Å². The lowest BCUT2D eigenvalue weighted by Crippen LogP contribution is -2.24. The van der Waals surface area contributed by atoms with E-state index in [2.05, 4.69) is 5.32 Å². The average Bonchev–Trinajstić information content (AvgIpc) is 2.47. The first kappa shape index (κ1) is 18.2. The third kappa shape index (κ3) is 4.03. The van der Waals surface area contributed by atoms with E-state index in [9.17, 15) is 13.2 Å². The van der Waals surface area contributed by atoms with E-state index in [-0.39, 0.29) is 10.6 Å². The van der Waals surface area contributed by atoms with Crippen molar-refractivity contribution in [1.29, 1.82) is 0 Å². The van der Waals surface area contributed by atoms with Crippen molar-refractivity contribution < 1.29 is 13.2 Å². The van der Waals surface area contributed by atoms with Gasteiger partial charge in [-0.1, -0.05) is 23.7 Å². The van der Waals surface area contributed by atoms with Gasteiger partial charge in [0.1, 0.15) is 4.90 Å². The number of anilines is 1. The summed E-state index contributed by atoms with van der Waals surface area (Å²) in [5, 5.41) is 3.18. The van der Waals surface area contributed by atoms with E-state index in [4.69, 9.17) is 11.6 Å². The Kier molecular flexibility index (Phi) is 5.66. The van der Waals surface area contributed by atoms with Crippen LogP contribution in [0, 0.1) is 3.57 Å². The van der Waals surface area contributed by atoms with E-state index < -0.39 is 15.9 Å². The van der Waals surface area contributed by atoms with Crippen molar-refractivity contribution in [3.8, 4) is 0 Å². The van der Waals surface area contributed by atoms with Crippen LogP contribution in [0.4, 0.5) is 5.69 Å². The van der Waals surface area contributed by atoms with Gasteiger partial charge in [-0.05, 0) is 52.9 Å². The smallest absolute Gasteiger partial charge is 0.256 e. The van der Waals surface area contributed by atoms with Crippen LogP contribution in [0.25, 0.3) is 0 Å². The van der Waals surface area contributed by atoms with Gasteiger partial charge < -0.3 is 5.32 Å². The molecule has 0 unspecified atom stereocenters. The van der Waals surface area contributed by atoms with Crippen molar-refractivity contribution in [2.24, 2.45) is 0 Å². The summed E-state index contributed by atoms with van der Waals surface area (Å²) in [5.41, 5.74) is 0.656. The summed E-state index contributed by atoms with van der Waals surface area (Å²) in [6.07, 6.45) is 0. The Morgan fingerprint density at radius 1 is 1.17 bits per heavy atom. The minimum absolute atomic E-state index is 0.0438. The lowest BCUT2D eigenvalue weighted by Gasteiger charge is -2.16. The van der Waals surface area contributed by atoms with E-state index in [0.717, 1.165) is 4.31 Å². The van der Waals surface area contributed by atoms with Crippen LogP contribution in [0.1, 0.15) is 10.4 Å². The molecule has 23 heavy (non-hydrogen) atoms. The molecule has 2 aromatic rings. The molecule has 0 aromatic heterocycles. The first-order valence-electron chi connectivity index (χ1n) is 6.51. The quantitative estimate of drug-likeness (QED) is 0.705. The zero-order valence-corrected chi connectivity index (χ0v) is 16.1. The maximum Gasteiger partial charge on any atom is 0.256 e. The summed E-state index contributed by atoms with van der Waals surface area (Å²) < 4.78 is 26.5. The molecule has 0 radical (unpaired) electrons. The molecule has 0 aliphatic heterocycles. The number of benzene rings is 2. The van der Waals surface area contributed by atoms with Gasteiger partial charge in [-0.3, -0.25) is 4.79 Å². The van der Waals surface area contributed by atoms with Gasteiger partial charge in [0.25, 0.3) is 5.91 Å². The molecule has 8 heteroatoms. The largest absolute Gasteiger partial charge is 0.321 e. The molecule has 2 aromatic carbocycles. The highest BCUT2D eigenvalue weighted by Crippen LogP contribution is 2.25. The van der Waals surface area contributed by atoms with E-state index >= 15 is 0 Å². The standard InChI is InChI=1S/C15H14ClIN2O3S/c1-19(2)23(21,22)14-6-4-3-5-13(14)18-15(20)11-8-7-10(16)9-12(11)17/h3-9H,1-2H3,(H,18,20). The molecule has 0 aliphatic carbocycles. The number of nitrogens with zero attached hydrogens (tertiary/aromatic N) is 1. The van der Waals surface area contributed by atoms with Crippen molar-refractivity contribution >= 4 is 55.8 Å². The second-order valence-electron chi connectivity index (χ2n) is 4.86.